The zero-order valence-electron chi connectivity index (χ0n) is 18.2. The van der Waals surface area contributed by atoms with E-state index >= 15 is 0 Å². The Labute approximate surface area is 199 Å². The van der Waals surface area contributed by atoms with E-state index in [1.54, 1.807) is 48.5 Å². The summed E-state index contributed by atoms with van der Waals surface area (Å²) in [5.41, 5.74) is 6.90. The molecular weight excluding hydrogens is 476 g/mol. The van der Waals surface area contributed by atoms with Crippen molar-refractivity contribution in [2.45, 2.75) is 6.92 Å². The summed E-state index contributed by atoms with van der Waals surface area (Å²) >= 11 is 0.904. The van der Waals surface area contributed by atoms with E-state index in [4.69, 9.17) is 5.73 Å². The van der Waals surface area contributed by atoms with Gasteiger partial charge in [0.1, 0.15) is 9.83 Å². The number of hydrazine groups is 1. The Morgan fingerprint density at radius 2 is 1.74 bits per heavy atom. The lowest BCUT2D eigenvalue weighted by molar-refractivity contribution is 0.104. The number of ketones is 1. The fourth-order valence-corrected chi connectivity index (χ4v) is 5.40. The topological polar surface area (TPSA) is 132 Å². The number of carbonyl (C=O) groups is 2. The summed E-state index contributed by atoms with van der Waals surface area (Å²) in [5.74, 6) is -0.454. The van der Waals surface area contributed by atoms with Gasteiger partial charge in [0.15, 0.2) is 5.78 Å². The van der Waals surface area contributed by atoms with Crippen molar-refractivity contribution in [2.24, 2.45) is 5.73 Å². The number of anilines is 1. The van der Waals surface area contributed by atoms with Crippen molar-refractivity contribution < 1.29 is 18.0 Å². The van der Waals surface area contributed by atoms with Crippen molar-refractivity contribution in [3.8, 4) is 5.69 Å². The summed E-state index contributed by atoms with van der Waals surface area (Å²) in [7, 11) is -3.94. The molecule has 0 aliphatic carbocycles. The first-order valence-corrected chi connectivity index (χ1v) is 12.7. The molecule has 0 radical (unpaired) electrons. The number of hydrogen-bond acceptors (Lipinski definition) is 6. The second-order valence-corrected chi connectivity index (χ2v) is 10.3. The molecule has 0 saturated carbocycles. The van der Waals surface area contributed by atoms with E-state index in [1.807, 2.05) is 13.0 Å². The zero-order valence-corrected chi connectivity index (χ0v) is 19.8. The molecule has 2 amide bonds. The third-order valence-corrected chi connectivity index (χ3v) is 6.62. The predicted octanol–water partition coefficient (Wildman–Crippen LogP) is 2.94. The highest BCUT2D eigenvalue weighted by Crippen LogP contribution is 2.39. The average Bonchev–Trinajstić information content (AvgIpc) is 3.15. The first-order chi connectivity index (χ1) is 16.1. The van der Waals surface area contributed by atoms with Gasteiger partial charge < -0.3 is 5.73 Å². The number of rotatable bonds is 6. The smallest absolute Gasteiger partial charge is 0.335 e. The number of hydrogen-bond donors (Lipinski definition) is 2. The van der Waals surface area contributed by atoms with Gasteiger partial charge in [0, 0.05) is 17.0 Å². The number of nitrogens with one attached hydrogen (secondary N) is 1. The molecule has 0 aliphatic rings. The minimum absolute atomic E-state index is 0.0465. The molecule has 2 heterocycles. The van der Waals surface area contributed by atoms with Crippen molar-refractivity contribution in [1.29, 1.82) is 0 Å². The maximum Gasteiger partial charge on any atom is 0.335 e. The average molecular weight is 497 g/mol. The van der Waals surface area contributed by atoms with Crippen molar-refractivity contribution in [3.05, 3.63) is 93.8 Å². The highest BCUT2D eigenvalue weighted by molar-refractivity contribution is 7.88. The van der Waals surface area contributed by atoms with Crippen LogP contribution < -0.4 is 21.1 Å². The monoisotopic (exact) mass is 496 g/mol. The lowest BCUT2D eigenvalue weighted by atomic mass is 10.0. The number of fused-ring (bicyclic) bond motifs is 1. The largest absolute Gasteiger partial charge is 0.350 e. The van der Waals surface area contributed by atoms with Gasteiger partial charge in [0.2, 0.25) is 10.0 Å². The molecule has 0 unspecified atom stereocenters. The molecule has 9 nitrogen and oxygen atoms in total. The number of benzene rings is 2. The van der Waals surface area contributed by atoms with Crippen LogP contribution in [0.1, 0.15) is 21.5 Å². The molecule has 3 N–H and O–H groups in total. The van der Waals surface area contributed by atoms with Crippen molar-refractivity contribution in [3.63, 3.8) is 0 Å². The summed E-state index contributed by atoms with van der Waals surface area (Å²) in [6, 6.07) is 17.3. The number of carbonyl (C=O) groups excluding carboxylic acids is 2. The molecule has 0 spiro atoms. The summed E-state index contributed by atoms with van der Waals surface area (Å²) < 4.78 is 25.4. The molecule has 0 bridgehead atoms. The second-order valence-electron chi connectivity index (χ2n) is 7.58. The van der Waals surface area contributed by atoms with Gasteiger partial charge in [0.05, 0.1) is 17.5 Å². The fraction of sp³-hybridized carbons (Fsp3) is 0.0870. The molecule has 2 aromatic heterocycles. The highest BCUT2D eigenvalue weighted by atomic mass is 32.2. The van der Waals surface area contributed by atoms with E-state index in [1.165, 1.54) is 16.7 Å². The van der Waals surface area contributed by atoms with Gasteiger partial charge in [0.25, 0.3) is 5.56 Å². The second kappa shape index (κ2) is 8.86. The number of nitrogens with two attached hydrogens (primary N) is 1. The van der Waals surface area contributed by atoms with Crippen LogP contribution in [0.4, 0.5) is 9.80 Å². The van der Waals surface area contributed by atoms with Crippen molar-refractivity contribution >= 4 is 48.4 Å². The van der Waals surface area contributed by atoms with Gasteiger partial charge in [-0.1, -0.05) is 53.3 Å². The van der Waals surface area contributed by atoms with Crippen LogP contribution in [0.15, 0.2) is 71.5 Å². The predicted molar refractivity (Wildman–Crippen MR) is 132 cm³/mol. The Kier molecular flexibility index (Phi) is 6.09. The quantitative estimate of drug-likeness (QED) is 0.313. The lowest BCUT2D eigenvalue weighted by Gasteiger charge is -2.19. The number of nitrogens with zero attached hydrogens (tertiary/aromatic N) is 2. The van der Waals surface area contributed by atoms with E-state index in [-0.39, 0.29) is 16.1 Å². The van der Waals surface area contributed by atoms with E-state index in [0.717, 1.165) is 23.2 Å². The number of thiophene rings is 1. The maximum atomic E-state index is 13.7. The van der Waals surface area contributed by atoms with Gasteiger partial charge in [-0.15, -0.1) is 4.83 Å². The summed E-state index contributed by atoms with van der Waals surface area (Å²) in [5, 5.41) is 0.939. The molecule has 0 aliphatic heterocycles. The third kappa shape index (κ3) is 4.49. The molecule has 34 heavy (non-hydrogen) atoms. The molecule has 4 rings (SSSR count). The van der Waals surface area contributed by atoms with Crippen LogP contribution in [0.5, 0.6) is 0 Å². The van der Waals surface area contributed by atoms with Gasteiger partial charge in [-0.25, -0.2) is 18.2 Å². The van der Waals surface area contributed by atoms with Crippen molar-refractivity contribution in [2.75, 3.05) is 11.3 Å². The number of aromatic nitrogens is 1. The third-order valence-electron chi connectivity index (χ3n) is 4.93. The van der Waals surface area contributed by atoms with E-state index < -0.39 is 21.8 Å². The lowest BCUT2D eigenvalue weighted by Crippen LogP contribution is -2.48. The molecule has 174 valence electrons. The number of urea groups is 1. The molecule has 0 saturated heterocycles. The maximum absolute atomic E-state index is 13.7. The molecular formula is C23H20N4O5S2. The van der Waals surface area contributed by atoms with E-state index in [2.05, 4.69) is 4.83 Å². The number of para-hydroxylation sites is 1. The van der Waals surface area contributed by atoms with Gasteiger partial charge in [-0.05, 0) is 31.2 Å². The number of amides is 2. The number of aryl methyl sites for hydroxylation is 1. The number of primary amides is 1. The minimum atomic E-state index is -3.94. The van der Waals surface area contributed by atoms with Crippen LogP contribution in [0.25, 0.3) is 15.9 Å². The first kappa shape index (κ1) is 23.4. The number of pyridine rings is 1. The van der Waals surface area contributed by atoms with Crippen LogP contribution in [0.3, 0.4) is 0 Å². The highest BCUT2D eigenvalue weighted by Gasteiger charge is 2.30. The molecule has 0 fully saturated rings. The van der Waals surface area contributed by atoms with Crippen LogP contribution in [0, 0.1) is 6.92 Å². The fourth-order valence-electron chi connectivity index (χ4n) is 3.55. The Bertz CT molecular complexity index is 1590. The Balaban J connectivity index is 2.09. The molecule has 11 heteroatoms. The number of sulfonamides is 1. The van der Waals surface area contributed by atoms with E-state index in [0.29, 0.717) is 26.5 Å². The van der Waals surface area contributed by atoms with Crippen LogP contribution in [-0.2, 0) is 10.0 Å². The zero-order chi connectivity index (χ0) is 24.6. The first-order valence-electron chi connectivity index (χ1n) is 9.99. The Morgan fingerprint density at radius 1 is 1.03 bits per heavy atom. The standard InChI is InChI=1S/C23H20N4O5S2/c1-14-7-6-8-15(13-14)20(29)19-17-11-12-18(28)26(16-9-4-3-5-10-16)21(17)33-22(19)27(23(24)30)25-34(2,31)32/h3-13,25H,1-2H3,(H2,24,30). The molecule has 2 aromatic carbocycles. The Hall–Kier alpha value is -3.80. The summed E-state index contributed by atoms with van der Waals surface area (Å²) in [6.07, 6.45) is 0.859. The molecule has 4 aromatic rings. The minimum Gasteiger partial charge on any atom is -0.350 e. The molecule has 0 atom stereocenters. The van der Waals surface area contributed by atoms with Crippen LogP contribution in [-0.4, -0.2) is 31.1 Å². The summed E-state index contributed by atoms with van der Waals surface area (Å²) in [6.45, 7) is 1.83. The van der Waals surface area contributed by atoms with Crippen LogP contribution in [0.2, 0.25) is 0 Å². The van der Waals surface area contributed by atoms with Gasteiger partial charge >= 0.3 is 6.03 Å². The van der Waals surface area contributed by atoms with E-state index in [9.17, 15) is 22.8 Å². The van der Waals surface area contributed by atoms with Gasteiger partial charge in [-0.2, -0.15) is 0 Å². The SMILES string of the molecule is Cc1cccc(C(=O)c2c(N(NS(C)(=O)=O)C(N)=O)sc3c2ccc(=O)n3-c2ccccc2)c1. The van der Waals surface area contributed by atoms with Crippen LogP contribution >= 0.6 is 11.3 Å². The van der Waals surface area contributed by atoms with Crippen molar-refractivity contribution in [1.82, 2.24) is 9.40 Å². The van der Waals surface area contributed by atoms with Gasteiger partial charge in [-0.3, -0.25) is 14.2 Å². The Morgan fingerprint density at radius 3 is 2.35 bits per heavy atom. The summed E-state index contributed by atoms with van der Waals surface area (Å²) in [4.78, 5) is 41.2. The normalized spacial score (nSPS) is 11.5.